The van der Waals surface area contributed by atoms with E-state index >= 15 is 0 Å². The van der Waals surface area contributed by atoms with E-state index in [2.05, 4.69) is 13.8 Å². The molecule has 0 saturated carbocycles. The Morgan fingerprint density at radius 2 is 1.75 bits per heavy atom. The zero-order valence-electron chi connectivity index (χ0n) is 12.7. The lowest BCUT2D eigenvalue weighted by Crippen LogP contribution is -2.10. The molecule has 1 N–H and O–H groups in total. The molecule has 0 aromatic heterocycles. The van der Waals surface area contributed by atoms with Crippen molar-refractivity contribution in [3.8, 4) is 5.75 Å². The first kappa shape index (κ1) is 16.5. The van der Waals surface area contributed by atoms with Crippen LogP contribution in [0.3, 0.4) is 0 Å². The van der Waals surface area contributed by atoms with Gasteiger partial charge in [-0.1, -0.05) is 13.8 Å². The predicted molar refractivity (Wildman–Crippen MR) is 78.6 cm³/mol. The van der Waals surface area contributed by atoms with E-state index in [1.807, 2.05) is 13.8 Å². The quantitative estimate of drug-likeness (QED) is 0.741. The van der Waals surface area contributed by atoms with E-state index in [0.717, 1.165) is 29.9 Å². The van der Waals surface area contributed by atoms with Crippen LogP contribution in [-0.2, 0) is 4.74 Å². The fourth-order valence-electron chi connectivity index (χ4n) is 1.93. The second-order valence-corrected chi connectivity index (χ2v) is 5.39. The minimum atomic E-state index is -0.917. The highest BCUT2D eigenvalue weighted by Gasteiger charge is 2.10. The SMILES string of the molecule is Cc1cc(C(=O)O)cc(C)c1OCCOCCC(C)C. The Hall–Kier alpha value is -1.55. The summed E-state index contributed by atoms with van der Waals surface area (Å²) >= 11 is 0. The average Bonchev–Trinajstić information content (AvgIpc) is 2.35. The number of aromatic carboxylic acids is 1. The van der Waals surface area contributed by atoms with E-state index in [-0.39, 0.29) is 0 Å². The Morgan fingerprint density at radius 1 is 1.15 bits per heavy atom. The number of hydrogen-bond acceptors (Lipinski definition) is 3. The highest BCUT2D eigenvalue weighted by Crippen LogP contribution is 2.24. The van der Waals surface area contributed by atoms with E-state index in [1.165, 1.54) is 0 Å². The van der Waals surface area contributed by atoms with Gasteiger partial charge in [-0.05, 0) is 49.4 Å². The van der Waals surface area contributed by atoms with E-state index in [1.54, 1.807) is 12.1 Å². The predicted octanol–water partition coefficient (Wildman–Crippen LogP) is 3.44. The lowest BCUT2D eigenvalue weighted by Gasteiger charge is -2.13. The van der Waals surface area contributed by atoms with Crippen LogP contribution < -0.4 is 4.74 Å². The van der Waals surface area contributed by atoms with E-state index in [9.17, 15) is 4.79 Å². The third-order valence-electron chi connectivity index (χ3n) is 3.02. The zero-order chi connectivity index (χ0) is 15.1. The molecule has 0 fully saturated rings. The number of carbonyl (C=O) groups is 1. The maximum atomic E-state index is 10.9. The Balaban J connectivity index is 2.46. The van der Waals surface area contributed by atoms with Gasteiger partial charge in [0.25, 0.3) is 0 Å². The summed E-state index contributed by atoms with van der Waals surface area (Å²) in [7, 11) is 0. The maximum absolute atomic E-state index is 10.9. The third kappa shape index (κ3) is 5.21. The van der Waals surface area contributed by atoms with E-state index in [0.29, 0.717) is 24.7 Å². The van der Waals surface area contributed by atoms with Crippen molar-refractivity contribution in [2.45, 2.75) is 34.1 Å². The van der Waals surface area contributed by atoms with Crippen LogP contribution in [0, 0.1) is 19.8 Å². The summed E-state index contributed by atoms with van der Waals surface area (Å²) in [5.74, 6) is 0.478. The Labute approximate surface area is 120 Å². The standard InChI is InChI=1S/C16H24O4/c1-11(2)5-6-19-7-8-20-15-12(3)9-14(16(17)18)10-13(15)4/h9-11H,5-8H2,1-4H3,(H,17,18). The van der Waals surface area contributed by atoms with Crippen molar-refractivity contribution < 1.29 is 19.4 Å². The third-order valence-corrected chi connectivity index (χ3v) is 3.02. The van der Waals surface area contributed by atoms with Gasteiger partial charge >= 0.3 is 5.97 Å². The summed E-state index contributed by atoms with van der Waals surface area (Å²) in [5.41, 5.74) is 1.97. The van der Waals surface area contributed by atoms with Crippen molar-refractivity contribution in [2.75, 3.05) is 19.8 Å². The summed E-state index contributed by atoms with van der Waals surface area (Å²) in [4.78, 5) is 10.9. The lowest BCUT2D eigenvalue weighted by atomic mass is 10.1. The molecule has 0 radical (unpaired) electrons. The Bertz CT molecular complexity index is 429. The van der Waals surface area contributed by atoms with Gasteiger partial charge < -0.3 is 14.6 Å². The molecule has 4 nitrogen and oxygen atoms in total. The highest BCUT2D eigenvalue weighted by atomic mass is 16.5. The molecule has 0 aliphatic rings. The molecule has 112 valence electrons. The summed E-state index contributed by atoms with van der Waals surface area (Å²) < 4.78 is 11.2. The second kappa shape index (κ2) is 7.90. The first-order valence-corrected chi connectivity index (χ1v) is 6.97. The minimum absolute atomic E-state index is 0.292. The van der Waals surface area contributed by atoms with E-state index < -0.39 is 5.97 Å². The average molecular weight is 280 g/mol. The number of aryl methyl sites for hydroxylation is 2. The van der Waals surface area contributed by atoms with Crippen LogP contribution in [0.2, 0.25) is 0 Å². The number of ether oxygens (including phenoxy) is 2. The molecule has 0 unspecified atom stereocenters. The van der Waals surface area contributed by atoms with Gasteiger partial charge in [-0.3, -0.25) is 0 Å². The normalized spacial score (nSPS) is 10.8. The van der Waals surface area contributed by atoms with Crippen LogP contribution in [0.15, 0.2) is 12.1 Å². The molecule has 4 heteroatoms. The second-order valence-electron chi connectivity index (χ2n) is 5.39. The van der Waals surface area contributed by atoms with Gasteiger partial charge in [-0.25, -0.2) is 4.79 Å². The van der Waals surface area contributed by atoms with Gasteiger partial charge in [-0.15, -0.1) is 0 Å². The number of carboxylic acids is 1. The number of benzene rings is 1. The number of hydrogen-bond donors (Lipinski definition) is 1. The van der Waals surface area contributed by atoms with Gasteiger partial charge in [0.15, 0.2) is 0 Å². The molecule has 0 atom stereocenters. The van der Waals surface area contributed by atoms with Gasteiger partial charge in [0.1, 0.15) is 12.4 Å². The van der Waals surface area contributed by atoms with Crippen molar-refractivity contribution in [3.05, 3.63) is 28.8 Å². The molecular formula is C16H24O4. The summed E-state index contributed by atoms with van der Waals surface area (Å²) in [6.45, 7) is 9.81. The van der Waals surface area contributed by atoms with Crippen molar-refractivity contribution >= 4 is 5.97 Å². The molecule has 0 aliphatic heterocycles. The first-order chi connectivity index (χ1) is 9.41. The molecule has 0 aliphatic carbocycles. The van der Waals surface area contributed by atoms with Gasteiger partial charge in [-0.2, -0.15) is 0 Å². The van der Waals surface area contributed by atoms with Crippen molar-refractivity contribution in [3.63, 3.8) is 0 Å². The molecule has 0 amide bonds. The molecule has 1 rings (SSSR count). The molecule has 0 spiro atoms. The van der Waals surface area contributed by atoms with Crippen molar-refractivity contribution in [1.29, 1.82) is 0 Å². The van der Waals surface area contributed by atoms with Crippen LogP contribution in [-0.4, -0.2) is 30.9 Å². The molecule has 0 heterocycles. The van der Waals surface area contributed by atoms with Crippen LogP contribution in [0.4, 0.5) is 0 Å². The minimum Gasteiger partial charge on any atom is -0.491 e. The number of rotatable bonds is 8. The number of carboxylic acid groups (broad SMARTS) is 1. The zero-order valence-corrected chi connectivity index (χ0v) is 12.7. The van der Waals surface area contributed by atoms with Gasteiger partial charge in [0, 0.05) is 6.61 Å². The lowest BCUT2D eigenvalue weighted by molar-refractivity contribution is 0.0696. The van der Waals surface area contributed by atoms with E-state index in [4.69, 9.17) is 14.6 Å². The first-order valence-electron chi connectivity index (χ1n) is 6.97. The summed E-state index contributed by atoms with van der Waals surface area (Å²) in [6.07, 6.45) is 1.05. The summed E-state index contributed by atoms with van der Waals surface area (Å²) in [5, 5.41) is 8.98. The van der Waals surface area contributed by atoms with Crippen LogP contribution in [0.25, 0.3) is 0 Å². The Kier molecular flexibility index (Phi) is 6.52. The Morgan fingerprint density at radius 3 is 2.25 bits per heavy atom. The maximum Gasteiger partial charge on any atom is 0.335 e. The fourth-order valence-corrected chi connectivity index (χ4v) is 1.93. The molecule has 1 aromatic rings. The molecule has 0 saturated heterocycles. The molecular weight excluding hydrogens is 256 g/mol. The largest absolute Gasteiger partial charge is 0.491 e. The van der Waals surface area contributed by atoms with Gasteiger partial charge in [0.2, 0.25) is 0 Å². The smallest absolute Gasteiger partial charge is 0.335 e. The van der Waals surface area contributed by atoms with Crippen LogP contribution in [0.1, 0.15) is 41.8 Å². The van der Waals surface area contributed by atoms with Gasteiger partial charge in [0.05, 0.1) is 12.2 Å². The van der Waals surface area contributed by atoms with Crippen LogP contribution >= 0.6 is 0 Å². The topological polar surface area (TPSA) is 55.8 Å². The fraction of sp³-hybridized carbons (Fsp3) is 0.562. The monoisotopic (exact) mass is 280 g/mol. The van der Waals surface area contributed by atoms with Crippen molar-refractivity contribution in [1.82, 2.24) is 0 Å². The molecule has 1 aromatic carbocycles. The summed E-state index contributed by atoms with van der Waals surface area (Å²) in [6, 6.07) is 3.26. The molecule has 0 bridgehead atoms. The van der Waals surface area contributed by atoms with Crippen LogP contribution in [0.5, 0.6) is 5.75 Å². The van der Waals surface area contributed by atoms with Crippen molar-refractivity contribution in [2.24, 2.45) is 5.92 Å². The highest BCUT2D eigenvalue weighted by molar-refractivity contribution is 5.88. The molecule has 20 heavy (non-hydrogen) atoms.